The molecule has 1 fully saturated rings. The van der Waals surface area contributed by atoms with E-state index in [0.29, 0.717) is 41.3 Å². The number of aromatic nitrogens is 2. The van der Waals surface area contributed by atoms with Crippen molar-refractivity contribution in [3.8, 4) is 5.69 Å². The van der Waals surface area contributed by atoms with Crippen molar-refractivity contribution >= 4 is 22.8 Å². The molecule has 1 amide bonds. The second-order valence-electron chi connectivity index (χ2n) is 8.48. The molecule has 1 N–H and O–H groups in total. The third-order valence-corrected chi connectivity index (χ3v) is 5.65. The second kappa shape index (κ2) is 10.1. The molecule has 0 unspecified atom stereocenters. The maximum atomic E-state index is 13.5. The van der Waals surface area contributed by atoms with E-state index in [-0.39, 0.29) is 23.4 Å². The van der Waals surface area contributed by atoms with E-state index >= 15 is 0 Å². The molecule has 1 aromatic heterocycles. The van der Waals surface area contributed by atoms with Gasteiger partial charge in [0.25, 0.3) is 11.5 Å². The van der Waals surface area contributed by atoms with Crippen LogP contribution in [0.3, 0.4) is 0 Å². The summed E-state index contributed by atoms with van der Waals surface area (Å²) in [6, 6.07) is 10.7. The molecule has 1 aliphatic heterocycles. The zero-order chi connectivity index (χ0) is 23.4. The summed E-state index contributed by atoms with van der Waals surface area (Å²) in [5, 5.41) is 3.29. The predicted octanol–water partition coefficient (Wildman–Crippen LogP) is 3.67. The number of halogens is 1. The normalized spacial score (nSPS) is 13.8. The van der Waals surface area contributed by atoms with Gasteiger partial charge >= 0.3 is 0 Å². The monoisotopic (exact) mass is 452 g/mol. The van der Waals surface area contributed by atoms with E-state index in [0.717, 1.165) is 32.4 Å². The highest BCUT2D eigenvalue weighted by Gasteiger charge is 2.21. The largest absolute Gasteiger partial charge is 0.379 e. The quantitative estimate of drug-likeness (QED) is 0.528. The summed E-state index contributed by atoms with van der Waals surface area (Å²) < 4.78 is 20.5. The Morgan fingerprint density at radius 1 is 1.15 bits per heavy atom. The summed E-state index contributed by atoms with van der Waals surface area (Å²) in [5.41, 5.74) is 1.23. The zero-order valence-electron chi connectivity index (χ0n) is 19.0. The molecule has 174 valence electrons. The highest BCUT2D eigenvalue weighted by molar-refractivity contribution is 5.97. The lowest BCUT2D eigenvalue weighted by atomic mass is 10.1. The molecule has 0 spiro atoms. The minimum atomic E-state index is -0.366. The zero-order valence-corrected chi connectivity index (χ0v) is 19.0. The van der Waals surface area contributed by atoms with Crippen LogP contribution in [0.1, 0.15) is 43.5 Å². The lowest BCUT2D eigenvalue weighted by Crippen LogP contribution is -2.30. The number of amides is 1. The van der Waals surface area contributed by atoms with Gasteiger partial charge in [-0.05, 0) is 75.6 Å². The summed E-state index contributed by atoms with van der Waals surface area (Å²) in [7, 11) is 0. The van der Waals surface area contributed by atoms with Gasteiger partial charge in [0.2, 0.25) is 5.95 Å². The molecular formula is C25H29FN4O3. The molecule has 8 heteroatoms. The van der Waals surface area contributed by atoms with Crippen LogP contribution in [0.2, 0.25) is 0 Å². The number of rotatable bonds is 8. The minimum absolute atomic E-state index is 0.163. The molecular weight excluding hydrogens is 423 g/mol. The second-order valence-corrected chi connectivity index (χ2v) is 8.48. The van der Waals surface area contributed by atoms with Crippen LogP contribution in [0.5, 0.6) is 0 Å². The fourth-order valence-corrected chi connectivity index (χ4v) is 3.96. The molecule has 0 bridgehead atoms. The van der Waals surface area contributed by atoms with E-state index in [1.54, 1.807) is 30.3 Å². The molecule has 0 radical (unpaired) electrons. The van der Waals surface area contributed by atoms with E-state index in [1.807, 2.05) is 13.8 Å². The van der Waals surface area contributed by atoms with E-state index in [2.05, 4.69) is 10.2 Å². The third-order valence-electron chi connectivity index (χ3n) is 5.65. The van der Waals surface area contributed by atoms with Gasteiger partial charge in [-0.1, -0.05) is 0 Å². The Balaban J connectivity index is 1.66. The van der Waals surface area contributed by atoms with Crippen molar-refractivity contribution in [2.75, 3.05) is 31.1 Å². The highest BCUT2D eigenvalue weighted by atomic mass is 19.1. The van der Waals surface area contributed by atoms with Gasteiger partial charge in [0.1, 0.15) is 5.82 Å². The summed E-state index contributed by atoms with van der Waals surface area (Å²) in [5.74, 6) is -0.0663. The third kappa shape index (κ3) is 5.22. The number of hydrogen-bond acceptors (Lipinski definition) is 5. The molecule has 2 heterocycles. The molecule has 4 rings (SSSR count). The number of fused-ring (bicyclic) bond motifs is 1. The molecule has 0 saturated carbocycles. The summed E-state index contributed by atoms with van der Waals surface area (Å²) >= 11 is 0. The predicted molar refractivity (Wildman–Crippen MR) is 127 cm³/mol. The van der Waals surface area contributed by atoms with Crippen LogP contribution >= 0.6 is 0 Å². The van der Waals surface area contributed by atoms with Crippen LogP contribution < -0.4 is 15.8 Å². The molecule has 0 atom stereocenters. The van der Waals surface area contributed by atoms with Crippen molar-refractivity contribution in [3.05, 3.63) is 64.2 Å². The molecule has 0 aliphatic carbocycles. The highest BCUT2D eigenvalue weighted by Crippen LogP contribution is 2.23. The Kier molecular flexibility index (Phi) is 7.03. The van der Waals surface area contributed by atoms with Gasteiger partial charge in [-0.15, -0.1) is 0 Å². The standard InChI is InChI=1S/C25H29FN4O3/c1-17(2)33-15-5-12-27-23(31)18-6-11-21-22(16-18)28-25(29-13-3-4-14-29)30(24(21)32)20-9-7-19(26)8-10-20/h6-11,16-17H,3-5,12-15H2,1-2H3,(H,27,31). The summed E-state index contributed by atoms with van der Waals surface area (Å²) in [4.78, 5) is 32.9. The van der Waals surface area contributed by atoms with Crippen LogP contribution in [-0.2, 0) is 4.74 Å². The number of nitrogens with zero attached hydrogens (tertiary/aromatic N) is 3. The van der Waals surface area contributed by atoms with Gasteiger partial charge in [0, 0.05) is 31.8 Å². The van der Waals surface area contributed by atoms with Gasteiger partial charge in [0.05, 0.1) is 22.7 Å². The van der Waals surface area contributed by atoms with Gasteiger partial charge < -0.3 is 15.0 Å². The number of hydrogen-bond donors (Lipinski definition) is 1. The molecule has 33 heavy (non-hydrogen) atoms. The number of carbonyl (C=O) groups excluding carboxylic acids is 1. The Bertz CT molecular complexity index is 1180. The number of nitrogens with one attached hydrogen (secondary N) is 1. The number of anilines is 1. The van der Waals surface area contributed by atoms with Crippen molar-refractivity contribution in [2.24, 2.45) is 0 Å². The Labute approximate surface area is 192 Å². The van der Waals surface area contributed by atoms with Crippen LogP contribution in [0.25, 0.3) is 16.6 Å². The van der Waals surface area contributed by atoms with Crippen molar-refractivity contribution in [1.29, 1.82) is 0 Å². The number of carbonyl (C=O) groups is 1. The van der Waals surface area contributed by atoms with Gasteiger partial charge in [0.15, 0.2) is 0 Å². The Morgan fingerprint density at radius 2 is 1.88 bits per heavy atom. The van der Waals surface area contributed by atoms with Crippen LogP contribution in [0, 0.1) is 5.82 Å². The molecule has 2 aromatic carbocycles. The minimum Gasteiger partial charge on any atom is -0.379 e. The SMILES string of the molecule is CC(C)OCCCNC(=O)c1ccc2c(=O)n(-c3ccc(F)cc3)c(N3CCCC3)nc2c1. The average molecular weight is 453 g/mol. The smallest absolute Gasteiger partial charge is 0.267 e. The number of ether oxygens (including phenoxy) is 1. The average Bonchev–Trinajstić information content (AvgIpc) is 3.34. The van der Waals surface area contributed by atoms with E-state index in [9.17, 15) is 14.0 Å². The van der Waals surface area contributed by atoms with Crippen molar-refractivity contribution in [2.45, 2.75) is 39.2 Å². The van der Waals surface area contributed by atoms with E-state index in [4.69, 9.17) is 9.72 Å². The topological polar surface area (TPSA) is 76.5 Å². The fraction of sp³-hybridized carbons (Fsp3) is 0.400. The molecule has 1 saturated heterocycles. The molecule has 3 aromatic rings. The lowest BCUT2D eigenvalue weighted by Gasteiger charge is -2.22. The summed E-state index contributed by atoms with van der Waals surface area (Å²) in [6.07, 6.45) is 2.91. The van der Waals surface area contributed by atoms with Gasteiger partial charge in [-0.2, -0.15) is 0 Å². The van der Waals surface area contributed by atoms with Crippen LogP contribution in [-0.4, -0.2) is 47.8 Å². The first-order valence-corrected chi connectivity index (χ1v) is 11.4. The first-order chi connectivity index (χ1) is 15.9. The van der Waals surface area contributed by atoms with E-state index in [1.165, 1.54) is 16.7 Å². The van der Waals surface area contributed by atoms with Crippen molar-refractivity contribution in [1.82, 2.24) is 14.9 Å². The van der Waals surface area contributed by atoms with E-state index < -0.39 is 0 Å². The van der Waals surface area contributed by atoms with Crippen molar-refractivity contribution < 1.29 is 13.9 Å². The number of benzene rings is 2. The first-order valence-electron chi connectivity index (χ1n) is 11.4. The molecule has 7 nitrogen and oxygen atoms in total. The van der Waals surface area contributed by atoms with Gasteiger partial charge in [-0.3, -0.25) is 9.59 Å². The summed E-state index contributed by atoms with van der Waals surface area (Å²) in [6.45, 7) is 6.61. The molecule has 1 aliphatic rings. The first kappa shape index (κ1) is 22.9. The Morgan fingerprint density at radius 3 is 2.58 bits per heavy atom. The fourth-order valence-electron chi connectivity index (χ4n) is 3.96. The maximum absolute atomic E-state index is 13.5. The lowest BCUT2D eigenvalue weighted by molar-refractivity contribution is 0.0757. The van der Waals surface area contributed by atoms with Crippen molar-refractivity contribution in [3.63, 3.8) is 0 Å². The maximum Gasteiger partial charge on any atom is 0.267 e. The van der Waals surface area contributed by atoms with Crippen LogP contribution in [0.15, 0.2) is 47.3 Å². The van der Waals surface area contributed by atoms with Gasteiger partial charge in [-0.25, -0.2) is 13.9 Å². The van der Waals surface area contributed by atoms with Crippen LogP contribution in [0.4, 0.5) is 10.3 Å². The Hall–Kier alpha value is -3.26.